The monoisotopic (exact) mass is 197 g/mol. The summed E-state index contributed by atoms with van der Waals surface area (Å²) in [5.41, 5.74) is 5.51. The van der Waals surface area contributed by atoms with Gasteiger partial charge < -0.3 is 5.73 Å². The van der Waals surface area contributed by atoms with Crippen molar-refractivity contribution in [3.05, 3.63) is 21.9 Å². The molecule has 0 fully saturated rings. The number of hydrogen-bond acceptors (Lipinski definition) is 3. The molecule has 1 rings (SSSR count). The van der Waals surface area contributed by atoms with Gasteiger partial charge in [0.2, 0.25) is 0 Å². The molecule has 3 heteroatoms. The molecular weight excluding hydrogens is 182 g/mol. The van der Waals surface area contributed by atoms with E-state index in [1.807, 2.05) is 12.1 Å². The van der Waals surface area contributed by atoms with E-state index in [2.05, 4.69) is 6.92 Å². The highest BCUT2D eigenvalue weighted by molar-refractivity contribution is 7.14. The van der Waals surface area contributed by atoms with Crippen molar-refractivity contribution < 1.29 is 4.79 Å². The molecule has 1 aromatic heterocycles. The summed E-state index contributed by atoms with van der Waals surface area (Å²) in [6.45, 7) is 3.86. The summed E-state index contributed by atoms with van der Waals surface area (Å²) >= 11 is 1.56. The number of nitrogens with two attached hydrogens (primary N) is 1. The first-order valence-electron chi connectivity index (χ1n) is 4.53. The van der Waals surface area contributed by atoms with E-state index in [9.17, 15) is 4.79 Å². The van der Waals surface area contributed by atoms with Crippen molar-refractivity contribution in [1.82, 2.24) is 0 Å². The van der Waals surface area contributed by atoms with E-state index >= 15 is 0 Å². The average Bonchev–Trinajstić information content (AvgIpc) is 2.52. The number of thiophene rings is 1. The maximum absolute atomic E-state index is 11.4. The second kappa shape index (κ2) is 4.53. The first kappa shape index (κ1) is 10.4. The summed E-state index contributed by atoms with van der Waals surface area (Å²) < 4.78 is 0. The summed E-state index contributed by atoms with van der Waals surface area (Å²) in [6, 6.07) is 3.51. The van der Waals surface area contributed by atoms with Crippen LogP contribution in [-0.4, -0.2) is 11.8 Å². The van der Waals surface area contributed by atoms with Crippen LogP contribution in [0.1, 0.15) is 34.8 Å². The van der Waals surface area contributed by atoms with Crippen molar-refractivity contribution in [3.63, 3.8) is 0 Å². The van der Waals surface area contributed by atoms with Crippen LogP contribution in [0.4, 0.5) is 0 Å². The van der Waals surface area contributed by atoms with E-state index in [1.165, 1.54) is 4.88 Å². The minimum absolute atomic E-state index is 0.0485. The van der Waals surface area contributed by atoms with Crippen LogP contribution < -0.4 is 5.73 Å². The van der Waals surface area contributed by atoms with E-state index in [-0.39, 0.29) is 11.8 Å². The molecular formula is C10H15NOS. The molecule has 0 aromatic carbocycles. The van der Waals surface area contributed by atoms with Crippen LogP contribution in [-0.2, 0) is 6.42 Å². The molecule has 0 bridgehead atoms. The lowest BCUT2D eigenvalue weighted by Gasteiger charge is -1.99. The Hall–Kier alpha value is -0.670. The maximum atomic E-state index is 11.4. The van der Waals surface area contributed by atoms with Crippen molar-refractivity contribution in [2.45, 2.75) is 32.7 Å². The van der Waals surface area contributed by atoms with Gasteiger partial charge in [0.25, 0.3) is 0 Å². The third-order valence-corrected chi connectivity index (χ3v) is 2.97. The normalized spacial score (nSPS) is 12.8. The lowest BCUT2D eigenvalue weighted by Crippen LogP contribution is -2.25. The van der Waals surface area contributed by atoms with Crippen molar-refractivity contribution >= 4 is 17.1 Å². The molecule has 0 saturated carbocycles. The summed E-state index contributed by atoms with van der Waals surface area (Å²) in [4.78, 5) is 13.5. The van der Waals surface area contributed by atoms with E-state index in [4.69, 9.17) is 5.73 Å². The van der Waals surface area contributed by atoms with E-state index in [1.54, 1.807) is 18.3 Å². The number of carbonyl (C=O) groups is 1. The van der Waals surface area contributed by atoms with E-state index < -0.39 is 0 Å². The van der Waals surface area contributed by atoms with Gasteiger partial charge in [-0.25, -0.2) is 0 Å². The highest BCUT2D eigenvalue weighted by Crippen LogP contribution is 2.19. The number of carbonyl (C=O) groups excluding carboxylic acids is 1. The standard InChI is InChI=1S/C10H15NOS/c1-3-4-8-5-6-9(13-8)10(12)7(2)11/h5-7H,3-4,11H2,1-2H3. The Morgan fingerprint density at radius 3 is 2.85 bits per heavy atom. The molecule has 72 valence electrons. The minimum Gasteiger partial charge on any atom is -0.321 e. The molecule has 1 heterocycles. The lowest BCUT2D eigenvalue weighted by molar-refractivity contribution is 0.0972. The average molecular weight is 197 g/mol. The number of aryl methyl sites for hydroxylation is 1. The first-order valence-corrected chi connectivity index (χ1v) is 5.35. The minimum atomic E-state index is -0.381. The second-order valence-electron chi connectivity index (χ2n) is 3.17. The fourth-order valence-electron chi connectivity index (χ4n) is 1.12. The van der Waals surface area contributed by atoms with Crippen molar-refractivity contribution in [1.29, 1.82) is 0 Å². The number of ketones is 1. The molecule has 0 aliphatic heterocycles. The van der Waals surface area contributed by atoms with E-state index in [0.717, 1.165) is 17.7 Å². The van der Waals surface area contributed by atoms with Crippen molar-refractivity contribution in [3.8, 4) is 0 Å². The van der Waals surface area contributed by atoms with Crippen LogP contribution in [0.2, 0.25) is 0 Å². The Bertz CT molecular complexity index is 291. The molecule has 0 saturated heterocycles. The molecule has 0 amide bonds. The van der Waals surface area contributed by atoms with E-state index in [0.29, 0.717) is 0 Å². The third-order valence-electron chi connectivity index (χ3n) is 1.81. The lowest BCUT2D eigenvalue weighted by atomic mass is 10.2. The zero-order valence-corrected chi connectivity index (χ0v) is 8.86. The van der Waals surface area contributed by atoms with Gasteiger partial charge in [-0.05, 0) is 25.5 Å². The van der Waals surface area contributed by atoms with Crippen LogP contribution >= 0.6 is 11.3 Å². The van der Waals surface area contributed by atoms with Crippen molar-refractivity contribution in [2.24, 2.45) is 5.73 Å². The number of rotatable bonds is 4. The predicted molar refractivity (Wildman–Crippen MR) is 56.3 cm³/mol. The Morgan fingerprint density at radius 2 is 2.31 bits per heavy atom. The second-order valence-corrected chi connectivity index (χ2v) is 4.34. The highest BCUT2D eigenvalue weighted by atomic mass is 32.1. The topological polar surface area (TPSA) is 43.1 Å². The van der Waals surface area contributed by atoms with Crippen molar-refractivity contribution in [2.75, 3.05) is 0 Å². The van der Waals surface area contributed by atoms with Gasteiger partial charge >= 0.3 is 0 Å². The van der Waals surface area contributed by atoms with Gasteiger partial charge in [-0.2, -0.15) is 0 Å². The zero-order valence-electron chi connectivity index (χ0n) is 8.04. The van der Waals surface area contributed by atoms with Crippen LogP contribution in [0.3, 0.4) is 0 Å². The van der Waals surface area contributed by atoms with Gasteiger partial charge in [0.15, 0.2) is 5.78 Å². The first-order chi connectivity index (χ1) is 6.15. The van der Waals surface area contributed by atoms with Gasteiger partial charge in [-0.1, -0.05) is 13.3 Å². The fraction of sp³-hybridized carbons (Fsp3) is 0.500. The molecule has 13 heavy (non-hydrogen) atoms. The van der Waals surface area contributed by atoms with Crippen LogP contribution in [0.5, 0.6) is 0 Å². The largest absolute Gasteiger partial charge is 0.321 e. The molecule has 0 aliphatic rings. The summed E-state index contributed by atoms with van der Waals surface area (Å²) in [7, 11) is 0. The molecule has 1 atom stereocenters. The van der Waals surface area contributed by atoms with Gasteiger partial charge in [0.1, 0.15) is 0 Å². The maximum Gasteiger partial charge on any atom is 0.189 e. The number of Topliss-reactive ketones (excluding diaryl/α,β-unsaturated/α-hetero) is 1. The molecule has 2 N–H and O–H groups in total. The quantitative estimate of drug-likeness (QED) is 0.752. The molecule has 0 radical (unpaired) electrons. The van der Waals surface area contributed by atoms with Crippen LogP contribution in [0.15, 0.2) is 12.1 Å². The van der Waals surface area contributed by atoms with Crippen LogP contribution in [0, 0.1) is 0 Å². The Balaban J connectivity index is 2.73. The van der Waals surface area contributed by atoms with Gasteiger partial charge in [0.05, 0.1) is 10.9 Å². The zero-order chi connectivity index (χ0) is 9.84. The summed E-state index contributed by atoms with van der Waals surface area (Å²) in [6.07, 6.45) is 2.17. The third kappa shape index (κ3) is 2.64. The Kier molecular flexibility index (Phi) is 3.63. The smallest absolute Gasteiger partial charge is 0.189 e. The van der Waals surface area contributed by atoms with Gasteiger partial charge in [0, 0.05) is 4.88 Å². The molecule has 0 aliphatic carbocycles. The van der Waals surface area contributed by atoms with Crippen LogP contribution in [0.25, 0.3) is 0 Å². The highest BCUT2D eigenvalue weighted by Gasteiger charge is 2.12. The summed E-state index contributed by atoms with van der Waals surface area (Å²) in [5.74, 6) is 0.0485. The van der Waals surface area contributed by atoms with Gasteiger partial charge in [-0.15, -0.1) is 11.3 Å². The number of hydrogen-bond donors (Lipinski definition) is 1. The molecule has 2 nitrogen and oxygen atoms in total. The molecule has 1 unspecified atom stereocenters. The predicted octanol–water partition coefficient (Wildman–Crippen LogP) is 2.23. The molecule has 1 aromatic rings. The summed E-state index contributed by atoms with van der Waals surface area (Å²) in [5, 5.41) is 0. The van der Waals surface area contributed by atoms with Gasteiger partial charge in [-0.3, -0.25) is 4.79 Å². The SMILES string of the molecule is CCCc1ccc(C(=O)C(C)N)s1. The fourth-order valence-corrected chi connectivity index (χ4v) is 2.26. The molecule has 0 spiro atoms. The Morgan fingerprint density at radius 1 is 1.62 bits per heavy atom. The Labute approximate surface area is 82.8 Å².